The Balaban J connectivity index is 2.10. The molecule has 0 bridgehead atoms. The van der Waals surface area contributed by atoms with Crippen LogP contribution >= 0.6 is 23.8 Å². The second-order valence-electron chi connectivity index (χ2n) is 6.49. The number of rotatable bonds is 7. The molecule has 1 aliphatic carbocycles. The predicted molar refractivity (Wildman–Crippen MR) is 107 cm³/mol. The van der Waals surface area contributed by atoms with Crippen LogP contribution in [0.25, 0.3) is 0 Å². The number of hydrogen-bond acceptors (Lipinski definition) is 4. The van der Waals surface area contributed by atoms with Gasteiger partial charge in [0.1, 0.15) is 5.82 Å². The highest BCUT2D eigenvalue weighted by atomic mass is 35.5. The summed E-state index contributed by atoms with van der Waals surface area (Å²) >= 11 is 11.1. The molecule has 0 aromatic heterocycles. The second kappa shape index (κ2) is 7.47. The van der Waals surface area contributed by atoms with E-state index in [1.165, 1.54) is 36.4 Å². The third kappa shape index (κ3) is 3.49. The first-order chi connectivity index (χ1) is 12.7. The fourth-order valence-electron chi connectivity index (χ4n) is 3.58. The van der Waals surface area contributed by atoms with Crippen LogP contribution in [0.3, 0.4) is 0 Å². The van der Waals surface area contributed by atoms with Gasteiger partial charge in [0.2, 0.25) is 0 Å². The van der Waals surface area contributed by atoms with Crippen molar-refractivity contribution in [2.45, 2.75) is 23.0 Å². The van der Waals surface area contributed by atoms with Gasteiger partial charge in [-0.25, -0.2) is 12.8 Å². The number of halogens is 2. The molecule has 144 valence electrons. The van der Waals surface area contributed by atoms with Gasteiger partial charge in [0.25, 0.3) is 0 Å². The molecule has 27 heavy (non-hydrogen) atoms. The zero-order valence-corrected chi connectivity index (χ0v) is 17.0. The summed E-state index contributed by atoms with van der Waals surface area (Å²) < 4.78 is 45.6. The van der Waals surface area contributed by atoms with Gasteiger partial charge in [-0.3, -0.25) is 0 Å². The van der Waals surface area contributed by atoms with E-state index in [4.69, 9.17) is 34.3 Å². The van der Waals surface area contributed by atoms with E-state index in [-0.39, 0.29) is 16.5 Å². The van der Waals surface area contributed by atoms with Gasteiger partial charge >= 0.3 is 0 Å². The zero-order chi connectivity index (χ0) is 19.8. The number of ether oxygens (including phenoxy) is 1. The van der Waals surface area contributed by atoms with E-state index >= 15 is 0 Å². The molecule has 1 fully saturated rings. The lowest BCUT2D eigenvalue weighted by atomic mass is 10.00. The Labute approximate surface area is 168 Å². The van der Waals surface area contributed by atoms with Crippen molar-refractivity contribution < 1.29 is 17.5 Å². The third-order valence-electron chi connectivity index (χ3n) is 4.97. The van der Waals surface area contributed by atoms with Gasteiger partial charge in [0.05, 0.1) is 27.2 Å². The highest BCUT2D eigenvalue weighted by Crippen LogP contribution is 2.64. The number of thiocarbonyl (C=S) groups is 1. The fraction of sp³-hybridized carbons (Fsp3) is 0.316. The van der Waals surface area contributed by atoms with Crippen LogP contribution in [0.5, 0.6) is 0 Å². The smallest absolute Gasteiger partial charge is 0.182 e. The van der Waals surface area contributed by atoms with Gasteiger partial charge in [0.15, 0.2) is 9.84 Å². The molecule has 8 heteroatoms. The topological polar surface area (TPSA) is 69.4 Å². The van der Waals surface area contributed by atoms with Gasteiger partial charge in [0, 0.05) is 17.5 Å². The van der Waals surface area contributed by atoms with E-state index in [1.54, 1.807) is 12.1 Å². The molecule has 1 aliphatic rings. The van der Waals surface area contributed by atoms with Gasteiger partial charge in [-0.15, -0.1) is 0 Å². The lowest BCUT2D eigenvalue weighted by molar-refractivity contribution is 0.121. The van der Waals surface area contributed by atoms with Crippen LogP contribution in [-0.4, -0.2) is 31.9 Å². The van der Waals surface area contributed by atoms with Gasteiger partial charge in [-0.1, -0.05) is 36.0 Å². The average molecular weight is 428 g/mol. The van der Waals surface area contributed by atoms with Crippen molar-refractivity contribution in [3.05, 3.63) is 64.9 Å². The molecule has 3 rings (SSSR count). The first kappa shape index (κ1) is 20.2. The molecule has 0 spiro atoms. The predicted octanol–water partition coefficient (Wildman–Crippen LogP) is 3.73. The third-order valence-corrected chi connectivity index (χ3v) is 7.89. The van der Waals surface area contributed by atoms with E-state index in [0.29, 0.717) is 17.2 Å². The van der Waals surface area contributed by atoms with E-state index < -0.39 is 32.2 Å². The molecule has 3 atom stereocenters. The molecule has 2 aromatic carbocycles. The lowest BCUT2D eigenvalue weighted by Gasteiger charge is -2.17. The molecule has 0 heterocycles. The normalized spacial score (nSPS) is 24.6. The van der Waals surface area contributed by atoms with E-state index in [2.05, 4.69) is 0 Å². The molecule has 2 aromatic rings. The van der Waals surface area contributed by atoms with E-state index in [9.17, 15) is 12.8 Å². The number of nitrogens with two attached hydrogens (primary N) is 1. The Morgan fingerprint density at radius 1 is 1.22 bits per heavy atom. The van der Waals surface area contributed by atoms with Gasteiger partial charge < -0.3 is 10.5 Å². The standard InChI is InChI=1S/C19H19ClFNO3S2/c1-2-25-11-19(18(22)26)16(12-3-7-14(21)8-4-12)17(19)27(23,24)15-9-5-13(20)6-10-15/h3-10,16-17H,2,11H2,1H3,(H2,22,26). The maximum Gasteiger partial charge on any atom is 0.182 e. The molecule has 1 saturated carbocycles. The summed E-state index contributed by atoms with van der Waals surface area (Å²) in [6.45, 7) is 2.29. The fourth-order valence-corrected chi connectivity index (χ4v) is 6.48. The lowest BCUT2D eigenvalue weighted by Crippen LogP contribution is -2.33. The largest absolute Gasteiger partial charge is 0.393 e. The minimum atomic E-state index is -3.77. The maximum atomic E-state index is 13.4. The van der Waals surface area contributed by atoms with Gasteiger partial charge in [-0.2, -0.15) is 0 Å². The van der Waals surface area contributed by atoms with Crippen LogP contribution in [0.1, 0.15) is 18.4 Å². The second-order valence-corrected chi connectivity index (χ2v) is 9.44. The van der Waals surface area contributed by atoms with Crippen molar-refractivity contribution in [1.82, 2.24) is 0 Å². The van der Waals surface area contributed by atoms with Crippen LogP contribution in [0, 0.1) is 11.2 Å². The Morgan fingerprint density at radius 3 is 2.33 bits per heavy atom. The summed E-state index contributed by atoms with van der Waals surface area (Å²) in [6, 6.07) is 11.7. The zero-order valence-electron chi connectivity index (χ0n) is 14.6. The SMILES string of the molecule is CCOCC1(C(N)=S)C(c2ccc(F)cc2)C1S(=O)(=O)c1ccc(Cl)cc1. The van der Waals surface area contributed by atoms with Crippen LogP contribution in [0.2, 0.25) is 5.02 Å². The van der Waals surface area contributed by atoms with E-state index in [0.717, 1.165) is 0 Å². The summed E-state index contributed by atoms with van der Waals surface area (Å²) in [5.74, 6) is -0.912. The Hall–Kier alpha value is -1.54. The first-order valence-electron chi connectivity index (χ1n) is 8.37. The monoisotopic (exact) mass is 427 g/mol. The highest BCUT2D eigenvalue weighted by molar-refractivity contribution is 7.92. The summed E-state index contributed by atoms with van der Waals surface area (Å²) in [7, 11) is -3.77. The first-order valence-corrected chi connectivity index (χ1v) is 10.7. The highest BCUT2D eigenvalue weighted by Gasteiger charge is 2.73. The van der Waals surface area contributed by atoms with Crippen LogP contribution in [0.15, 0.2) is 53.4 Å². The molecular formula is C19H19ClFNO3S2. The maximum absolute atomic E-state index is 13.4. The number of sulfone groups is 1. The minimum Gasteiger partial charge on any atom is -0.393 e. The van der Waals surface area contributed by atoms with Gasteiger partial charge in [-0.05, 0) is 48.9 Å². The summed E-state index contributed by atoms with van der Waals surface area (Å²) in [4.78, 5) is 0.214. The Bertz CT molecular complexity index is 948. The van der Waals surface area contributed by atoms with Crippen molar-refractivity contribution in [2.75, 3.05) is 13.2 Å². The summed E-state index contributed by atoms with van der Waals surface area (Å²) in [5.41, 5.74) is 5.63. The van der Waals surface area contributed by atoms with Crippen LogP contribution < -0.4 is 5.73 Å². The average Bonchev–Trinajstić information content (AvgIpc) is 3.32. The molecule has 0 amide bonds. The summed E-state index contributed by atoms with van der Waals surface area (Å²) in [5, 5.41) is -0.449. The molecule has 0 saturated heterocycles. The van der Waals surface area contributed by atoms with Crippen molar-refractivity contribution in [3.63, 3.8) is 0 Å². The number of hydrogen-bond donors (Lipinski definition) is 1. The van der Waals surface area contributed by atoms with Crippen LogP contribution in [-0.2, 0) is 14.6 Å². The molecule has 0 radical (unpaired) electrons. The number of benzene rings is 2. The Kier molecular flexibility index (Phi) is 5.59. The quantitative estimate of drug-likeness (QED) is 0.682. The van der Waals surface area contributed by atoms with Crippen molar-refractivity contribution in [1.29, 1.82) is 0 Å². The molecular weight excluding hydrogens is 409 g/mol. The Morgan fingerprint density at radius 2 is 1.81 bits per heavy atom. The van der Waals surface area contributed by atoms with E-state index in [1.807, 2.05) is 6.92 Å². The molecule has 4 nitrogen and oxygen atoms in total. The molecule has 3 unspecified atom stereocenters. The van der Waals surface area contributed by atoms with Crippen LogP contribution in [0.4, 0.5) is 4.39 Å². The molecule has 0 aliphatic heterocycles. The minimum absolute atomic E-state index is 0.0767. The molecule has 2 N–H and O–H groups in total. The van der Waals surface area contributed by atoms with Crippen molar-refractivity contribution in [3.8, 4) is 0 Å². The van der Waals surface area contributed by atoms with Crippen molar-refractivity contribution in [2.24, 2.45) is 11.1 Å². The summed E-state index contributed by atoms with van der Waals surface area (Å²) in [6.07, 6.45) is 0. The van der Waals surface area contributed by atoms with Crippen molar-refractivity contribution >= 4 is 38.6 Å².